The van der Waals surface area contributed by atoms with Gasteiger partial charge in [0.25, 0.3) is 0 Å². The number of thiocarbonyl (C=S) groups is 1. The molecule has 0 spiro atoms. The van der Waals surface area contributed by atoms with Crippen LogP contribution in [0.4, 0.5) is 11.4 Å². The summed E-state index contributed by atoms with van der Waals surface area (Å²) in [6.45, 7) is 0. The monoisotopic (exact) mass is 382 g/mol. The number of nitrogens with one attached hydrogen (secondary N) is 2. The topological polar surface area (TPSA) is 24.1 Å². The van der Waals surface area contributed by atoms with Crippen LogP contribution in [0.15, 0.2) is 83.3 Å². The highest BCUT2D eigenvalue weighted by molar-refractivity contribution is 9.10. The molecule has 0 aliphatic rings. The van der Waals surface area contributed by atoms with Crippen LogP contribution in [0.3, 0.4) is 0 Å². The predicted octanol–water partition coefficient (Wildman–Crippen LogP) is 5.93. The minimum absolute atomic E-state index is 0.565. The van der Waals surface area contributed by atoms with E-state index in [4.69, 9.17) is 12.2 Å². The summed E-state index contributed by atoms with van der Waals surface area (Å²) in [6, 6.07) is 26.3. The van der Waals surface area contributed by atoms with Gasteiger partial charge in [-0.05, 0) is 48.1 Å². The third-order valence-electron chi connectivity index (χ3n) is 3.36. The van der Waals surface area contributed by atoms with E-state index in [-0.39, 0.29) is 0 Å². The van der Waals surface area contributed by atoms with Gasteiger partial charge in [-0.3, -0.25) is 0 Å². The van der Waals surface area contributed by atoms with Crippen molar-refractivity contribution in [2.75, 3.05) is 10.6 Å². The van der Waals surface area contributed by atoms with Gasteiger partial charge < -0.3 is 10.6 Å². The second kappa shape index (κ2) is 7.40. The molecule has 0 amide bonds. The van der Waals surface area contributed by atoms with Crippen LogP contribution in [0.5, 0.6) is 0 Å². The lowest BCUT2D eigenvalue weighted by atomic mass is 10.0. The van der Waals surface area contributed by atoms with Gasteiger partial charge in [0, 0.05) is 21.4 Å². The molecule has 3 aromatic rings. The first-order valence-corrected chi connectivity index (χ1v) is 8.40. The molecule has 0 atom stereocenters. The molecule has 0 aromatic heterocycles. The van der Waals surface area contributed by atoms with E-state index in [9.17, 15) is 0 Å². The minimum Gasteiger partial charge on any atom is -0.332 e. The lowest BCUT2D eigenvalue weighted by Gasteiger charge is -2.14. The first-order valence-electron chi connectivity index (χ1n) is 7.20. The highest BCUT2D eigenvalue weighted by atomic mass is 79.9. The summed E-state index contributed by atoms with van der Waals surface area (Å²) in [4.78, 5) is 0. The van der Waals surface area contributed by atoms with Crippen LogP contribution in [0.1, 0.15) is 0 Å². The molecule has 0 aliphatic heterocycles. The van der Waals surface area contributed by atoms with E-state index in [0.29, 0.717) is 5.11 Å². The molecule has 0 saturated carbocycles. The van der Waals surface area contributed by atoms with Crippen molar-refractivity contribution in [3.05, 3.63) is 83.3 Å². The summed E-state index contributed by atoms with van der Waals surface area (Å²) in [5.74, 6) is 0. The maximum Gasteiger partial charge on any atom is 0.175 e. The highest BCUT2D eigenvalue weighted by Gasteiger charge is 2.06. The number of benzene rings is 3. The van der Waals surface area contributed by atoms with Gasteiger partial charge in [0.05, 0.1) is 0 Å². The SMILES string of the molecule is S=C(Nc1ccc(Br)cc1)Nc1ccccc1-c1ccccc1. The van der Waals surface area contributed by atoms with Crippen molar-refractivity contribution in [3.63, 3.8) is 0 Å². The maximum absolute atomic E-state index is 5.43. The van der Waals surface area contributed by atoms with Gasteiger partial charge in [-0.15, -0.1) is 0 Å². The third-order valence-corrected chi connectivity index (χ3v) is 4.09. The number of halogens is 1. The third kappa shape index (κ3) is 4.18. The molecule has 3 rings (SSSR count). The standard InChI is InChI=1S/C19H15BrN2S/c20-15-10-12-16(13-11-15)21-19(23)22-18-9-5-4-8-17(18)14-6-2-1-3-7-14/h1-13H,(H2,21,22,23). The van der Waals surface area contributed by atoms with Gasteiger partial charge in [-0.2, -0.15) is 0 Å². The smallest absolute Gasteiger partial charge is 0.175 e. The van der Waals surface area contributed by atoms with E-state index in [1.165, 1.54) is 0 Å². The zero-order chi connectivity index (χ0) is 16.1. The van der Waals surface area contributed by atoms with Crippen LogP contribution in [0.25, 0.3) is 11.1 Å². The Balaban J connectivity index is 1.78. The molecule has 2 N–H and O–H groups in total. The molecular weight excluding hydrogens is 368 g/mol. The van der Waals surface area contributed by atoms with Gasteiger partial charge in [-0.25, -0.2) is 0 Å². The Hall–Kier alpha value is -2.17. The molecule has 0 fully saturated rings. The fourth-order valence-corrected chi connectivity index (χ4v) is 2.77. The summed E-state index contributed by atoms with van der Waals surface area (Å²) in [5.41, 5.74) is 4.20. The lowest BCUT2D eigenvalue weighted by Crippen LogP contribution is -2.19. The molecule has 114 valence electrons. The average Bonchev–Trinajstić information content (AvgIpc) is 2.58. The molecular formula is C19H15BrN2S. The van der Waals surface area contributed by atoms with Crippen molar-refractivity contribution in [3.8, 4) is 11.1 Å². The molecule has 0 unspecified atom stereocenters. The molecule has 23 heavy (non-hydrogen) atoms. The van der Waals surface area contributed by atoms with Crippen LogP contribution in [-0.2, 0) is 0 Å². The van der Waals surface area contributed by atoms with Gasteiger partial charge in [-0.1, -0.05) is 64.5 Å². The molecule has 0 radical (unpaired) electrons. The van der Waals surface area contributed by atoms with E-state index in [0.717, 1.165) is 27.0 Å². The largest absolute Gasteiger partial charge is 0.332 e. The average molecular weight is 383 g/mol. The molecule has 0 bridgehead atoms. The number of rotatable bonds is 3. The van der Waals surface area contributed by atoms with Crippen LogP contribution in [0.2, 0.25) is 0 Å². The Morgan fingerprint density at radius 3 is 2.13 bits per heavy atom. The van der Waals surface area contributed by atoms with Crippen LogP contribution in [-0.4, -0.2) is 5.11 Å². The van der Waals surface area contributed by atoms with Gasteiger partial charge >= 0.3 is 0 Å². The molecule has 4 heteroatoms. The first kappa shape index (κ1) is 15.7. The summed E-state index contributed by atoms with van der Waals surface area (Å²) in [6.07, 6.45) is 0. The van der Waals surface area contributed by atoms with Crippen LogP contribution in [0, 0.1) is 0 Å². The number of hydrogen-bond acceptors (Lipinski definition) is 1. The molecule has 2 nitrogen and oxygen atoms in total. The van der Waals surface area contributed by atoms with E-state index >= 15 is 0 Å². The van der Waals surface area contributed by atoms with Crippen molar-refractivity contribution in [1.82, 2.24) is 0 Å². The highest BCUT2D eigenvalue weighted by Crippen LogP contribution is 2.27. The predicted molar refractivity (Wildman–Crippen MR) is 106 cm³/mol. The van der Waals surface area contributed by atoms with E-state index in [2.05, 4.69) is 44.8 Å². The quantitative estimate of drug-likeness (QED) is 0.549. The summed E-state index contributed by atoms with van der Waals surface area (Å²) in [7, 11) is 0. The Kier molecular flexibility index (Phi) is 5.05. The normalized spacial score (nSPS) is 10.1. The Labute approximate surface area is 149 Å². The second-order valence-corrected chi connectivity index (χ2v) is 6.32. The summed E-state index contributed by atoms with van der Waals surface area (Å²) in [5, 5.41) is 7.04. The van der Waals surface area contributed by atoms with Gasteiger partial charge in [0.15, 0.2) is 5.11 Å². The number of anilines is 2. The van der Waals surface area contributed by atoms with Crippen molar-refractivity contribution >= 4 is 44.6 Å². The molecule has 0 saturated heterocycles. The Bertz CT molecular complexity index is 801. The lowest BCUT2D eigenvalue weighted by molar-refractivity contribution is 1.56. The van der Waals surface area contributed by atoms with Crippen molar-refractivity contribution in [2.24, 2.45) is 0 Å². The van der Waals surface area contributed by atoms with E-state index < -0.39 is 0 Å². The van der Waals surface area contributed by atoms with E-state index in [1.54, 1.807) is 0 Å². The minimum atomic E-state index is 0.565. The van der Waals surface area contributed by atoms with Crippen molar-refractivity contribution in [2.45, 2.75) is 0 Å². The fraction of sp³-hybridized carbons (Fsp3) is 0. The maximum atomic E-state index is 5.43. The van der Waals surface area contributed by atoms with Gasteiger partial charge in [0.1, 0.15) is 0 Å². The Morgan fingerprint density at radius 1 is 0.739 bits per heavy atom. The summed E-state index contributed by atoms with van der Waals surface area (Å²) >= 11 is 8.85. The molecule has 3 aromatic carbocycles. The van der Waals surface area contributed by atoms with E-state index in [1.807, 2.05) is 60.7 Å². The zero-order valence-corrected chi connectivity index (χ0v) is 14.7. The second-order valence-electron chi connectivity index (χ2n) is 5.00. The Morgan fingerprint density at radius 2 is 1.39 bits per heavy atom. The fourth-order valence-electron chi connectivity index (χ4n) is 2.28. The van der Waals surface area contributed by atoms with Gasteiger partial charge in [0.2, 0.25) is 0 Å². The molecule has 0 aliphatic carbocycles. The first-order chi connectivity index (χ1) is 11.2. The summed E-state index contributed by atoms with van der Waals surface area (Å²) < 4.78 is 1.04. The number of hydrogen-bond donors (Lipinski definition) is 2. The van der Waals surface area contributed by atoms with Crippen LogP contribution >= 0.6 is 28.1 Å². The van der Waals surface area contributed by atoms with Crippen LogP contribution < -0.4 is 10.6 Å². The van der Waals surface area contributed by atoms with Crippen molar-refractivity contribution in [1.29, 1.82) is 0 Å². The zero-order valence-electron chi connectivity index (χ0n) is 12.3. The molecule has 0 heterocycles. The number of para-hydroxylation sites is 1. The van der Waals surface area contributed by atoms with Crippen molar-refractivity contribution < 1.29 is 0 Å².